The maximum absolute atomic E-state index is 11.7. The molecule has 1 atom stereocenters. The third-order valence-electron chi connectivity index (χ3n) is 6.79. The Kier molecular flexibility index (Phi) is 31.4. The minimum Gasteiger partial charge on any atom is -0.379 e. The summed E-state index contributed by atoms with van der Waals surface area (Å²) in [6.07, 6.45) is 1.73. The molecule has 1 aliphatic rings. The first-order chi connectivity index (χ1) is 22.8. The van der Waals surface area contributed by atoms with Crippen LogP contribution in [0.15, 0.2) is 0 Å². The van der Waals surface area contributed by atoms with Gasteiger partial charge in [0.15, 0.2) is 0 Å². The summed E-state index contributed by atoms with van der Waals surface area (Å²) in [4.78, 5) is 45.8. The molecule has 0 aliphatic carbocycles. The number of imide groups is 1. The van der Waals surface area contributed by atoms with E-state index in [0.29, 0.717) is 119 Å². The van der Waals surface area contributed by atoms with Gasteiger partial charge in [0, 0.05) is 44.2 Å². The summed E-state index contributed by atoms with van der Waals surface area (Å²) in [6.45, 7) is 17.3. The van der Waals surface area contributed by atoms with E-state index in [1.165, 1.54) is 4.90 Å². The number of ether oxygens (including phenoxy) is 8. The van der Waals surface area contributed by atoms with Gasteiger partial charge in [-0.05, 0) is 13.0 Å². The van der Waals surface area contributed by atoms with Crippen molar-refractivity contribution in [1.82, 2.24) is 10.2 Å². The predicted molar refractivity (Wildman–Crippen MR) is 175 cm³/mol. The molecule has 1 saturated heterocycles. The fraction of sp³-hybridized carbons (Fsp3) is 0.879. The number of nitrogens with zero attached hydrogens (tertiary/aromatic N) is 1. The van der Waals surface area contributed by atoms with E-state index < -0.39 is 0 Å². The standard InChI is InChI=1S/C23H47NO9.C10H15NO3/c1-22(2)23(25)4-6-26-8-10-28-12-14-30-16-18-32-20-21-33-19-17-31-15-13-29-11-9-27-7-5-24-3;1-7(2)8-6-9(13)11(10(8)14)4-3-5-12/h22,24H,4-21H2,1-3H3;5,7-8H,3-4,6H2,1-2H3. The van der Waals surface area contributed by atoms with Gasteiger partial charge in [0.1, 0.15) is 12.1 Å². The Hall–Kier alpha value is -1.88. The number of ketones is 1. The van der Waals surface area contributed by atoms with E-state index in [1.807, 2.05) is 34.7 Å². The molecule has 276 valence electrons. The van der Waals surface area contributed by atoms with E-state index in [-0.39, 0.29) is 48.3 Å². The highest BCUT2D eigenvalue weighted by Crippen LogP contribution is 2.26. The topological polar surface area (TPSA) is 157 Å². The summed E-state index contributed by atoms with van der Waals surface area (Å²) in [6, 6.07) is 0. The number of rotatable bonds is 32. The zero-order valence-electron chi connectivity index (χ0n) is 29.5. The van der Waals surface area contributed by atoms with Crippen LogP contribution in [-0.2, 0) is 57.1 Å². The first-order valence-corrected chi connectivity index (χ1v) is 16.8. The van der Waals surface area contributed by atoms with Crippen LogP contribution in [0, 0.1) is 17.8 Å². The van der Waals surface area contributed by atoms with E-state index in [2.05, 4.69) is 5.32 Å². The molecule has 0 saturated carbocycles. The number of likely N-dealkylation sites (N-methyl/N-ethyl adjacent to an activating group) is 1. The first-order valence-electron chi connectivity index (χ1n) is 16.8. The average Bonchev–Trinajstić information content (AvgIpc) is 3.34. The van der Waals surface area contributed by atoms with Crippen molar-refractivity contribution in [1.29, 1.82) is 0 Å². The molecule has 1 N–H and O–H groups in total. The van der Waals surface area contributed by atoms with E-state index in [0.717, 1.165) is 12.8 Å². The van der Waals surface area contributed by atoms with Crippen LogP contribution in [0.1, 0.15) is 47.0 Å². The number of hydrogen-bond acceptors (Lipinski definition) is 13. The molecule has 14 nitrogen and oxygen atoms in total. The van der Waals surface area contributed by atoms with Crippen molar-refractivity contribution < 1.29 is 57.1 Å². The molecule has 14 heteroatoms. The van der Waals surface area contributed by atoms with Crippen molar-refractivity contribution in [2.75, 3.05) is 126 Å². The van der Waals surface area contributed by atoms with E-state index in [1.54, 1.807) is 0 Å². The molecule has 0 aromatic carbocycles. The molecule has 0 aromatic heterocycles. The van der Waals surface area contributed by atoms with Gasteiger partial charge in [-0.25, -0.2) is 0 Å². The highest BCUT2D eigenvalue weighted by atomic mass is 16.6. The molecule has 0 radical (unpaired) electrons. The van der Waals surface area contributed by atoms with Crippen molar-refractivity contribution >= 4 is 23.9 Å². The second-order valence-corrected chi connectivity index (χ2v) is 11.3. The summed E-state index contributed by atoms with van der Waals surface area (Å²) in [5.41, 5.74) is 0. The molecule has 1 heterocycles. The zero-order valence-corrected chi connectivity index (χ0v) is 29.5. The number of carbonyl (C=O) groups excluding carboxylic acids is 4. The molecule has 2 amide bonds. The Bertz CT molecular complexity index is 785. The van der Waals surface area contributed by atoms with E-state index in [4.69, 9.17) is 37.9 Å². The normalized spacial score (nSPS) is 14.7. The Balaban J connectivity index is 0.00000125. The van der Waals surface area contributed by atoms with Crippen molar-refractivity contribution in [3.8, 4) is 0 Å². The van der Waals surface area contributed by atoms with E-state index >= 15 is 0 Å². The Labute approximate surface area is 281 Å². The number of amides is 2. The highest BCUT2D eigenvalue weighted by Gasteiger charge is 2.39. The molecule has 0 aromatic rings. The van der Waals surface area contributed by atoms with Crippen LogP contribution in [0.4, 0.5) is 0 Å². The zero-order chi connectivity index (χ0) is 35.0. The van der Waals surface area contributed by atoms with Gasteiger partial charge in [-0.3, -0.25) is 19.3 Å². The summed E-state index contributed by atoms with van der Waals surface area (Å²) in [5.74, 6) is 0.0325. The lowest BCUT2D eigenvalue weighted by Gasteiger charge is -2.14. The van der Waals surface area contributed by atoms with Crippen LogP contribution < -0.4 is 5.32 Å². The van der Waals surface area contributed by atoms with Gasteiger partial charge in [0.25, 0.3) is 0 Å². The van der Waals surface area contributed by atoms with Crippen LogP contribution in [0.2, 0.25) is 0 Å². The maximum Gasteiger partial charge on any atom is 0.233 e. The highest BCUT2D eigenvalue weighted by molar-refractivity contribution is 6.03. The van der Waals surface area contributed by atoms with Crippen molar-refractivity contribution in [2.24, 2.45) is 17.8 Å². The quantitative estimate of drug-likeness (QED) is 0.0622. The lowest BCUT2D eigenvalue weighted by atomic mass is 9.94. The number of carbonyl (C=O) groups is 4. The van der Waals surface area contributed by atoms with Crippen molar-refractivity contribution in [3.05, 3.63) is 0 Å². The third kappa shape index (κ3) is 26.7. The fourth-order valence-electron chi connectivity index (χ4n) is 3.92. The van der Waals surface area contributed by atoms with Crippen molar-refractivity contribution in [3.63, 3.8) is 0 Å². The van der Waals surface area contributed by atoms with Gasteiger partial charge in [0.05, 0.1) is 106 Å². The van der Waals surface area contributed by atoms with Crippen LogP contribution >= 0.6 is 0 Å². The maximum atomic E-state index is 11.7. The first kappa shape index (κ1) is 45.1. The lowest BCUT2D eigenvalue weighted by Crippen LogP contribution is -2.32. The fourth-order valence-corrected chi connectivity index (χ4v) is 3.92. The van der Waals surface area contributed by atoms with Gasteiger partial charge >= 0.3 is 0 Å². The van der Waals surface area contributed by atoms with Gasteiger partial charge in [0.2, 0.25) is 11.8 Å². The third-order valence-corrected chi connectivity index (χ3v) is 6.79. The van der Waals surface area contributed by atoms with Crippen molar-refractivity contribution in [2.45, 2.75) is 47.0 Å². The van der Waals surface area contributed by atoms with E-state index in [9.17, 15) is 19.2 Å². The molecule has 0 spiro atoms. The summed E-state index contributed by atoms with van der Waals surface area (Å²) in [7, 11) is 1.89. The molecule has 0 bridgehead atoms. The van der Waals surface area contributed by atoms with Crippen LogP contribution in [0.25, 0.3) is 0 Å². The Morgan fingerprint density at radius 1 is 0.702 bits per heavy atom. The molecule has 1 aliphatic heterocycles. The molecular weight excluding hydrogens is 616 g/mol. The van der Waals surface area contributed by atoms with Gasteiger partial charge in [-0.2, -0.15) is 0 Å². The van der Waals surface area contributed by atoms with Crippen LogP contribution in [-0.4, -0.2) is 155 Å². The largest absolute Gasteiger partial charge is 0.379 e. The van der Waals surface area contributed by atoms with Gasteiger partial charge in [-0.15, -0.1) is 0 Å². The summed E-state index contributed by atoms with van der Waals surface area (Å²) >= 11 is 0. The molecule has 1 unspecified atom stereocenters. The molecule has 1 rings (SSSR count). The second-order valence-electron chi connectivity index (χ2n) is 11.3. The Morgan fingerprint density at radius 2 is 1.09 bits per heavy atom. The summed E-state index contributed by atoms with van der Waals surface area (Å²) in [5, 5.41) is 3.01. The average molecular weight is 679 g/mol. The molecular formula is C33H62N2O12. The number of likely N-dealkylation sites (tertiary alicyclic amines) is 1. The number of Topliss-reactive ketones (excluding diaryl/α,β-unsaturated/α-hetero) is 1. The number of aldehydes is 1. The monoisotopic (exact) mass is 678 g/mol. The van der Waals surface area contributed by atoms with Gasteiger partial charge < -0.3 is 48.0 Å². The Morgan fingerprint density at radius 3 is 1.40 bits per heavy atom. The summed E-state index contributed by atoms with van der Waals surface area (Å²) < 4.78 is 43.2. The minimum atomic E-state index is -0.186. The predicted octanol–water partition coefficient (Wildman–Crippen LogP) is 1.56. The SMILES string of the molecule is CC(C)C1CC(=O)N(CCC=O)C1=O.CNCCOCCOCCOCCOCCOCCOCCOCCOCCC(=O)C(C)C. The molecule has 47 heavy (non-hydrogen) atoms. The van der Waals surface area contributed by atoms with Crippen LogP contribution in [0.5, 0.6) is 0 Å². The second kappa shape index (κ2) is 32.7. The van der Waals surface area contributed by atoms with Crippen LogP contribution in [0.3, 0.4) is 0 Å². The number of nitrogens with one attached hydrogen (secondary N) is 1. The molecule has 1 fully saturated rings. The minimum absolute atomic E-state index is 0.0683. The lowest BCUT2D eigenvalue weighted by molar-refractivity contribution is -0.139. The number of hydrogen-bond donors (Lipinski definition) is 1. The smallest absolute Gasteiger partial charge is 0.233 e. The van der Waals surface area contributed by atoms with Gasteiger partial charge in [-0.1, -0.05) is 27.7 Å².